The number of fused-ring (bicyclic) bond motifs is 6. The minimum atomic E-state index is 1.08. The van der Waals surface area contributed by atoms with E-state index >= 15 is 0 Å². The van der Waals surface area contributed by atoms with Crippen molar-refractivity contribution in [2.24, 2.45) is 0 Å². The highest BCUT2D eigenvalue weighted by Gasteiger charge is 2.15. The van der Waals surface area contributed by atoms with Crippen LogP contribution in [0.4, 0.5) is 0 Å². The molecule has 34 heavy (non-hydrogen) atoms. The third-order valence-electron chi connectivity index (χ3n) is 6.82. The Hall–Kier alpha value is -3.88. The van der Waals surface area contributed by atoms with Crippen molar-refractivity contribution in [3.8, 4) is 16.8 Å². The lowest BCUT2D eigenvalue weighted by molar-refractivity contribution is 1.18. The van der Waals surface area contributed by atoms with Crippen LogP contribution >= 0.6 is 15.9 Å². The maximum atomic E-state index is 3.71. The van der Waals surface area contributed by atoms with Crippen LogP contribution in [-0.2, 0) is 0 Å². The topological polar surface area (TPSA) is 4.93 Å². The molecule has 0 radical (unpaired) electrons. The number of rotatable bonds is 2. The van der Waals surface area contributed by atoms with E-state index in [0.29, 0.717) is 0 Å². The zero-order valence-corrected chi connectivity index (χ0v) is 20.0. The van der Waals surface area contributed by atoms with Gasteiger partial charge in [0, 0.05) is 20.9 Å². The molecule has 0 saturated heterocycles. The fraction of sp³-hybridized carbons (Fsp3) is 0. The summed E-state index contributed by atoms with van der Waals surface area (Å²) in [5, 5.41) is 7.66. The predicted octanol–water partition coefficient (Wildman–Crippen LogP) is 9.52. The summed E-state index contributed by atoms with van der Waals surface area (Å²) in [7, 11) is 0. The molecule has 6 aromatic carbocycles. The second-order valence-electron chi connectivity index (χ2n) is 8.75. The Morgan fingerprint density at radius 3 is 2.12 bits per heavy atom. The fourth-order valence-electron chi connectivity index (χ4n) is 5.33. The van der Waals surface area contributed by atoms with Crippen LogP contribution < -0.4 is 0 Å². The lowest BCUT2D eigenvalue weighted by Gasteiger charge is -2.12. The van der Waals surface area contributed by atoms with Gasteiger partial charge >= 0.3 is 0 Å². The summed E-state index contributed by atoms with van der Waals surface area (Å²) < 4.78 is 3.48. The van der Waals surface area contributed by atoms with E-state index in [1.54, 1.807) is 0 Å². The Kier molecular flexibility index (Phi) is 4.36. The summed E-state index contributed by atoms with van der Waals surface area (Å²) >= 11 is 3.71. The summed E-state index contributed by atoms with van der Waals surface area (Å²) in [6, 6.07) is 43.8. The normalized spacial score (nSPS) is 11.7. The van der Waals surface area contributed by atoms with Crippen molar-refractivity contribution in [2.75, 3.05) is 0 Å². The van der Waals surface area contributed by atoms with Crippen molar-refractivity contribution >= 4 is 59.3 Å². The Balaban J connectivity index is 1.56. The van der Waals surface area contributed by atoms with Gasteiger partial charge in [0.05, 0.1) is 11.0 Å². The maximum absolute atomic E-state index is 3.71. The van der Waals surface area contributed by atoms with Gasteiger partial charge in [0.15, 0.2) is 0 Å². The number of halogens is 1. The van der Waals surface area contributed by atoms with E-state index in [2.05, 4.69) is 142 Å². The molecule has 0 saturated carbocycles. The molecule has 0 aliphatic carbocycles. The maximum Gasteiger partial charge on any atom is 0.0552 e. The van der Waals surface area contributed by atoms with E-state index in [0.717, 1.165) is 4.47 Å². The molecule has 7 aromatic rings. The Morgan fingerprint density at radius 2 is 1.24 bits per heavy atom. The molecule has 0 spiro atoms. The molecule has 0 fully saturated rings. The van der Waals surface area contributed by atoms with Gasteiger partial charge in [-0.15, -0.1) is 0 Å². The molecule has 0 atom stereocenters. The summed E-state index contributed by atoms with van der Waals surface area (Å²) in [5.74, 6) is 0. The quantitative estimate of drug-likeness (QED) is 0.224. The summed E-state index contributed by atoms with van der Waals surface area (Å²) in [4.78, 5) is 0. The lowest BCUT2D eigenvalue weighted by Crippen LogP contribution is -1.94. The predicted molar refractivity (Wildman–Crippen MR) is 149 cm³/mol. The Bertz CT molecular complexity index is 1870. The molecule has 7 rings (SSSR count). The average molecular weight is 498 g/mol. The number of hydrogen-bond donors (Lipinski definition) is 0. The highest BCUT2D eigenvalue weighted by Crippen LogP contribution is 2.39. The molecule has 0 unspecified atom stereocenters. The van der Waals surface area contributed by atoms with Crippen LogP contribution in [0.15, 0.2) is 126 Å². The van der Waals surface area contributed by atoms with Crippen molar-refractivity contribution in [3.63, 3.8) is 0 Å². The largest absolute Gasteiger partial charge is 0.309 e. The molecule has 160 valence electrons. The van der Waals surface area contributed by atoms with Crippen molar-refractivity contribution in [3.05, 3.63) is 126 Å². The molecule has 1 aromatic heterocycles. The average Bonchev–Trinajstić information content (AvgIpc) is 3.22. The van der Waals surface area contributed by atoms with Gasteiger partial charge in [-0.2, -0.15) is 0 Å². The molecule has 0 aliphatic heterocycles. The number of nitrogens with zero attached hydrogens (tertiary/aromatic N) is 1. The van der Waals surface area contributed by atoms with Crippen LogP contribution in [-0.4, -0.2) is 4.57 Å². The van der Waals surface area contributed by atoms with Gasteiger partial charge in [0.25, 0.3) is 0 Å². The molecule has 2 heteroatoms. The molecule has 0 bridgehead atoms. The molecule has 1 nitrogen and oxygen atoms in total. The fourth-order valence-corrected chi connectivity index (χ4v) is 5.68. The van der Waals surface area contributed by atoms with E-state index in [1.165, 1.54) is 60.2 Å². The lowest BCUT2D eigenvalue weighted by atomic mass is 9.98. The first-order valence-electron chi connectivity index (χ1n) is 11.5. The SMILES string of the molecule is Brc1ccc2c3c4ccccc4ccc3n(-c3cccc(-c4cccc5ccccc45)c3)c2c1. The highest BCUT2D eigenvalue weighted by atomic mass is 79.9. The molecule has 0 amide bonds. The number of hydrogen-bond acceptors (Lipinski definition) is 0. The van der Waals surface area contributed by atoms with E-state index in [4.69, 9.17) is 0 Å². The molecule has 0 N–H and O–H groups in total. The second kappa shape index (κ2) is 7.58. The van der Waals surface area contributed by atoms with Crippen molar-refractivity contribution in [1.29, 1.82) is 0 Å². The summed E-state index contributed by atoms with van der Waals surface area (Å²) in [6.07, 6.45) is 0. The van der Waals surface area contributed by atoms with E-state index < -0.39 is 0 Å². The Labute approximate surface area is 206 Å². The van der Waals surface area contributed by atoms with E-state index in [1.807, 2.05) is 0 Å². The molecular weight excluding hydrogens is 478 g/mol. The Morgan fingerprint density at radius 1 is 0.500 bits per heavy atom. The minimum absolute atomic E-state index is 1.08. The third kappa shape index (κ3) is 2.92. The smallest absolute Gasteiger partial charge is 0.0552 e. The molecule has 0 aliphatic rings. The van der Waals surface area contributed by atoms with Gasteiger partial charge < -0.3 is 4.57 Å². The third-order valence-corrected chi connectivity index (χ3v) is 7.32. The van der Waals surface area contributed by atoms with Crippen LogP contribution in [0.1, 0.15) is 0 Å². The van der Waals surface area contributed by atoms with Gasteiger partial charge in [-0.3, -0.25) is 0 Å². The van der Waals surface area contributed by atoms with Gasteiger partial charge in [-0.05, 0) is 63.0 Å². The number of aromatic nitrogens is 1. The zero-order valence-electron chi connectivity index (χ0n) is 18.4. The van der Waals surface area contributed by atoms with Crippen molar-refractivity contribution in [2.45, 2.75) is 0 Å². The summed E-state index contributed by atoms with van der Waals surface area (Å²) in [5.41, 5.74) is 6.07. The van der Waals surface area contributed by atoms with Crippen LogP contribution in [0.25, 0.3) is 60.2 Å². The van der Waals surface area contributed by atoms with E-state index in [-0.39, 0.29) is 0 Å². The second-order valence-corrected chi connectivity index (χ2v) is 9.67. The van der Waals surface area contributed by atoms with Crippen molar-refractivity contribution in [1.82, 2.24) is 4.57 Å². The van der Waals surface area contributed by atoms with Gasteiger partial charge in [0.1, 0.15) is 0 Å². The zero-order chi connectivity index (χ0) is 22.6. The van der Waals surface area contributed by atoms with Gasteiger partial charge in [0.2, 0.25) is 0 Å². The van der Waals surface area contributed by atoms with Crippen LogP contribution in [0.3, 0.4) is 0 Å². The first-order valence-corrected chi connectivity index (χ1v) is 12.3. The highest BCUT2D eigenvalue weighted by molar-refractivity contribution is 9.10. The minimum Gasteiger partial charge on any atom is -0.309 e. The van der Waals surface area contributed by atoms with Gasteiger partial charge in [-0.1, -0.05) is 107 Å². The molecule has 1 heterocycles. The van der Waals surface area contributed by atoms with Crippen molar-refractivity contribution < 1.29 is 0 Å². The monoisotopic (exact) mass is 497 g/mol. The van der Waals surface area contributed by atoms with Crippen LogP contribution in [0.5, 0.6) is 0 Å². The first-order chi connectivity index (χ1) is 16.8. The van der Waals surface area contributed by atoms with E-state index in [9.17, 15) is 0 Å². The first kappa shape index (κ1) is 19.6. The molecular formula is C32H20BrN. The summed E-state index contributed by atoms with van der Waals surface area (Å²) in [6.45, 7) is 0. The number of benzene rings is 6. The van der Waals surface area contributed by atoms with Crippen LogP contribution in [0.2, 0.25) is 0 Å². The van der Waals surface area contributed by atoms with Crippen LogP contribution in [0, 0.1) is 0 Å². The standard InChI is InChI=1S/C32H20BrN/c33-24-16-17-29-31(20-24)34(30-18-15-22-8-2-4-13-28(22)32(29)30)25-11-5-10-23(19-25)27-14-6-9-21-7-1-3-12-26(21)27/h1-20H. The van der Waals surface area contributed by atoms with Gasteiger partial charge in [-0.25, -0.2) is 0 Å².